The zero-order valence-corrected chi connectivity index (χ0v) is 11.9. The molecule has 0 aliphatic carbocycles. The van der Waals surface area contributed by atoms with E-state index < -0.39 is 10.0 Å². The molecule has 0 radical (unpaired) electrons. The average molecular weight is 271 g/mol. The van der Waals surface area contributed by atoms with Crippen LogP contribution in [0.25, 0.3) is 0 Å². The van der Waals surface area contributed by atoms with Gasteiger partial charge >= 0.3 is 0 Å². The van der Waals surface area contributed by atoms with E-state index in [1.165, 1.54) is 24.3 Å². The lowest BCUT2D eigenvalue weighted by molar-refractivity contribution is 0.445. The molecule has 2 atom stereocenters. The molecule has 0 aliphatic rings. The summed E-state index contributed by atoms with van der Waals surface area (Å²) in [6.07, 6.45) is 1.85. The van der Waals surface area contributed by atoms with Gasteiger partial charge in [0.15, 0.2) is 0 Å². The van der Waals surface area contributed by atoms with E-state index in [4.69, 9.17) is 5.11 Å². The van der Waals surface area contributed by atoms with Gasteiger partial charge in [0.05, 0.1) is 4.90 Å². The fourth-order valence-corrected chi connectivity index (χ4v) is 3.03. The number of phenols is 1. The fraction of sp³-hybridized carbons (Fsp3) is 0.538. The Labute approximate surface area is 109 Å². The van der Waals surface area contributed by atoms with Gasteiger partial charge in [-0.05, 0) is 43.5 Å². The molecular formula is C13H21NO3S. The normalized spacial score (nSPS) is 15.3. The van der Waals surface area contributed by atoms with Gasteiger partial charge in [0, 0.05) is 6.04 Å². The van der Waals surface area contributed by atoms with Crippen LogP contribution in [-0.4, -0.2) is 19.6 Å². The Kier molecular flexibility index (Phi) is 5.16. The lowest BCUT2D eigenvalue weighted by Crippen LogP contribution is -2.33. The number of hydrogen-bond acceptors (Lipinski definition) is 3. The molecule has 2 N–H and O–H groups in total. The van der Waals surface area contributed by atoms with Crippen LogP contribution >= 0.6 is 0 Å². The zero-order valence-electron chi connectivity index (χ0n) is 11.1. The van der Waals surface area contributed by atoms with Crippen LogP contribution < -0.4 is 4.72 Å². The van der Waals surface area contributed by atoms with Crippen LogP contribution in [0.15, 0.2) is 29.2 Å². The summed E-state index contributed by atoms with van der Waals surface area (Å²) in [5.41, 5.74) is 0. The molecule has 0 aliphatic heterocycles. The highest BCUT2D eigenvalue weighted by Crippen LogP contribution is 2.16. The maximum atomic E-state index is 12.0. The SMILES string of the molecule is CCC(C)CC(C)NS(=O)(=O)c1ccc(O)cc1. The Hall–Kier alpha value is -1.07. The van der Waals surface area contributed by atoms with Crippen molar-refractivity contribution in [3.05, 3.63) is 24.3 Å². The van der Waals surface area contributed by atoms with Crippen LogP contribution in [0, 0.1) is 5.92 Å². The van der Waals surface area contributed by atoms with E-state index in [2.05, 4.69) is 18.6 Å². The number of aromatic hydroxyl groups is 1. The molecule has 18 heavy (non-hydrogen) atoms. The minimum absolute atomic E-state index is 0.0570. The molecule has 102 valence electrons. The first-order valence-electron chi connectivity index (χ1n) is 6.16. The topological polar surface area (TPSA) is 66.4 Å². The molecule has 0 amide bonds. The van der Waals surface area contributed by atoms with Crippen molar-refractivity contribution >= 4 is 10.0 Å². The van der Waals surface area contributed by atoms with E-state index in [0.29, 0.717) is 5.92 Å². The largest absolute Gasteiger partial charge is 0.508 e. The first-order chi connectivity index (χ1) is 8.35. The smallest absolute Gasteiger partial charge is 0.240 e. The third-order valence-electron chi connectivity index (χ3n) is 2.96. The number of rotatable bonds is 6. The molecule has 1 aromatic carbocycles. The van der Waals surface area contributed by atoms with E-state index in [1.54, 1.807) is 0 Å². The van der Waals surface area contributed by atoms with Gasteiger partial charge in [-0.2, -0.15) is 0 Å². The first-order valence-corrected chi connectivity index (χ1v) is 7.64. The Morgan fingerprint density at radius 2 is 1.78 bits per heavy atom. The minimum Gasteiger partial charge on any atom is -0.508 e. The molecular weight excluding hydrogens is 250 g/mol. The van der Waals surface area contributed by atoms with E-state index in [9.17, 15) is 8.42 Å². The minimum atomic E-state index is -3.49. The quantitative estimate of drug-likeness (QED) is 0.835. The lowest BCUT2D eigenvalue weighted by Gasteiger charge is -2.17. The Morgan fingerprint density at radius 1 is 1.22 bits per heavy atom. The number of nitrogens with one attached hydrogen (secondary N) is 1. The number of sulfonamides is 1. The van der Waals surface area contributed by atoms with Crippen molar-refractivity contribution in [2.24, 2.45) is 5.92 Å². The van der Waals surface area contributed by atoms with Crippen molar-refractivity contribution in [2.75, 3.05) is 0 Å². The zero-order chi connectivity index (χ0) is 13.8. The summed E-state index contributed by atoms with van der Waals surface area (Å²) in [5.74, 6) is 0.545. The maximum absolute atomic E-state index is 12.0. The highest BCUT2D eigenvalue weighted by atomic mass is 32.2. The molecule has 2 unspecified atom stereocenters. The van der Waals surface area contributed by atoms with Gasteiger partial charge in [-0.1, -0.05) is 20.3 Å². The molecule has 4 nitrogen and oxygen atoms in total. The van der Waals surface area contributed by atoms with Crippen molar-refractivity contribution in [3.63, 3.8) is 0 Å². The van der Waals surface area contributed by atoms with Crippen molar-refractivity contribution in [1.29, 1.82) is 0 Å². The van der Waals surface area contributed by atoms with Gasteiger partial charge in [-0.25, -0.2) is 13.1 Å². The third kappa shape index (κ3) is 4.31. The summed E-state index contributed by atoms with van der Waals surface area (Å²) < 4.78 is 26.7. The van der Waals surface area contributed by atoms with E-state index >= 15 is 0 Å². The number of benzene rings is 1. The summed E-state index contributed by atoms with van der Waals surface area (Å²) in [4.78, 5) is 0.177. The van der Waals surface area contributed by atoms with Gasteiger partial charge in [-0.3, -0.25) is 0 Å². The lowest BCUT2D eigenvalue weighted by atomic mass is 10.0. The van der Waals surface area contributed by atoms with Crippen LogP contribution in [0.2, 0.25) is 0 Å². The summed E-state index contributed by atoms with van der Waals surface area (Å²) in [7, 11) is -3.49. The summed E-state index contributed by atoms with van der Waals surface area (Å²) in [5, 5.41) is 9.14. The standard InChI is InChI=1S/C13H21NO3S/c1-4-10(2)9-11(3)14-18(16,17)13-7-5-12(15)6-8-13/h5-8,10-11,14-15H,4,9H2,1-3H3. The van der Waals surface area contributed by atoms with E-state index in [0.717, 1.165) is 12.8 Å². The van der Waals surface area contributed by atoms with Crippen LogP contribution in [0.4, 0.5) is 0 Å². The van der Waals surface area contributed by atoms with Crippen molar-refractivity contribution in [1.82, 2.24) is 4.72 Å². The molecule has 0 saturated carbocycles. The first kappa shape index (κ1) is 15.0. The number of hydrogen-bond donors (Lipinski definition) is 2. The van der Waals surface area contributed by atoms with Crippen LogP contribution in [0.1, 0.15) is 33.6 Å². The second kappa shape index (κ2) is 6.20. The monoisotopic (exact) mass is 271 g/mol. The molecule has 0 bridgehead atoms. The molecule has 1 aromatic rings. The molecule has 5 heteroatoms. The molecule has 0 spiro atoms. The number of phenolic OH excluding ortho intramolecular Hbond substituents is 1. The van der Waals surface area contributed by atoms with Gasteiger partial charge in [0.1, 0.15) is 5.75 Å². The highest BCUT2D eigenvalue weighted by Gasteiger charge is 2.18. The highest BCUT2D eigenvalue weighted by molar-refractivity contribution is 7.89. The van der Waals surface area contributed by atoms with Crippen LogP contribution in [0.3, 0.4) is 0 Å². The van der Waals surface area contributed by atoms with Gasteiger partial charge in [0.25, 0.3) is 0 Å². The Balaban J connectivity index is 2.73. The predicted octanol–water partition coefficient (Wildman–Crippen LogP) is 2.50. The van der Waals surface area contributed by atoms with Gasteiger partial charge in [0.2, 0.25) is 10.0 Å². The van der Waals surface area contributed by atoms with Crippen molar-refractivity contribution in [2.45, 2.75) is 44.6 Å². The summed E-state index contributed by atoms with van der Waals surface area (Å²) in [6.45, 7) is 6.06. The predicted molar refractivity (Wildman–Crippen MR) is 72.0 cm³/mol. The van der Waals surface area contributed by atoms with Crippen LogP contribution in [0.5, 0.6) is 5.75 Å². The van der Waals surface area contributed by atoms with Gasteiger partial charge in [-0.15, -0.1) is 0 Å². The maximum Gasteiger partial charge on any atom is 0.240 e. The van der Waals surface area contributed by atoms with Crippen molar-refractivity contribution < 1.29 is 13.5 Å². The fourth-order valence-electron chi connectivity index (χ4n) is 1.78. The average Bonchev–Trinajstić information content (AvgIpc) is 2.28. The molecule has 0 heterocycles. The Morgan fingerprint density at radius 3 is 2.28 bits per heavy atom. The van der Waals surface area contributed by atoms with E-state index in [1.807, 2.05) is 6.92 Å². The second-order valence-corrected chi connectivity index (χ2v) is 6.48. The molecule has 1 rings (SSSR count). The molecule has 0 fully saturated rings. The Bertz CT molecular complexity index is 468. The molecule has 0 saturated heterocycles. The van der Waals surface area contributed by atoms with Crippen LogP contribution in [-0.2, 0) is 10.0 Å². The second-order valence-electron chi connectivity index (χ2n) is 4.77. The van der Waals surface area contributed by atoms with E-state index in [-0.39, 0.29) is 16.7 Å². The third-order valence-corrected chi connectivity index (χ3v) is 4.56. The van der Waals surface area contributed by atoms with Gasteiger partial charge < -0.3 is 5.11 Å². The van der Waals surface area contributed by atoms with Crippen molar-refractivity contribution in [3.8, 4) is 5.75 Å². The summed E-state index contributed by atoms with van der Waals surface area (Å²) >= 11 is 0. The summed E-state index contributed by atoms with van der Waals surface area (Å²) in [6, 6.07) is 5.43. The molecule has 0 aromatic heterocycles.